The van der Waals surface area contributed by atoms with E-state index in [4.69, 9.17) is 0 Å². The van der Waals surface area contributed by atoms with E-state index in [0.29, 0.717) is 31.3 Å². The highest BCUT2D eigenvalue weighted by molar-refractivity contribution is 5.15. The second-order valence-electron chi connectivity index (χ2n) is 2.64. The summed E-state index contributed by atoms with van der Waals surface area (Å²) in [7, 11) is 0. The van der Waals surface area contributed by atoms with Gasteiger partial charge < -0.3 is 0 Å². The van der Waals surface area contributed by atoms with E-state index >= 15 is 0 Å². The van der Waals surface area contributed by atoms with Crippen LogP contribution in [-0.4, -0.2) is 6.17 Å². The first-order valence-electron chi connectivity index (χ1n) is 3.77. The summed E-state index contributed by atoms with van der Waals surface area (Å²) in [6.07, 6.45) is 1.14. The van der Waals surface area contributed by atoms with Crippen LogP contribution in [0.5, 0.6) is 0 Å². The Bertz CT molecular complexity index is 149. The van der Waals surface area contributed by atoms with Crippen LogP contribution in [0.15, 0.2) is 11.4 Å². The monoisotopic (exact) mass is 146 g/mol. The van der Waals surface area contributed by atoms with Gasteiger partial charge in [-0.25, -0.2) is 8.78 Å². The lowest BCUT2D eigenvalue weighted by molar-refractivity contribution is 0.313. The molecule has 0 amide bonds. The Kier molecular flexibility index (Phi) is 2.41. The van der Waals surface area contributed by atoms with E-state index in [9.17, 15) is 8.78 Å². The molecule has 0 spiro atoms. The first kappa shape index (κ1) is 7.70. The van der Waals surface area contributed by atoms with Crippen molar-refractivity contribution in [3.8, 4) is 0 Å². The zero-order valence-corrected chi connectivity index (χ0v) is 6.16. The highest BCUT2D eigenvalue weighted by atomic mass is 19.1. The molecule has 0 fully saturated rings. The molecule has 1 aliphatic carbocycles. The molecule has 58 valence electrons. The molecule has 1 atom stereocenters. The van der Waals surface area contributed by atoms with Gasteiger partial charge in [-0.1, -0.05) is 6.92 Å². The number of hydrogen-bond acceptors (Lipinski definition) is 0. The molecule has 0 aliphatic heterocycles. The predicted octanol–water partition coefficient (Wildman–Crippen LogP) is 3.14. The second kappa shape index (κ2) is 3.13. The van der Waals surface area contributed by atoms with Gasteiger partial charge in [-0.05, 0) is 31.3 Å². The molecule has 1 aliphatic rings. The first-order chi connectivity index (χ1) is 4.75. The van der Waals surface area contributed by atoms with Gasteiger partial charge in [0.05, 0.1) is 0 Å². The Hall–Kier alpha value is -0.400. The van der Waals surface area contributed by atoms with Gasteiger partial charge in [-0.3, -0.25) is 0 Å². The summed E-state index contributed by atoms with van der Waals surface area (Å²) in [5.74, 6) is -0.207. The van der Waals surface area contributed by atoms with Crippen molar-refractivity contribution in [3.63, 3.8) is 0 Å². The van der Waals surface area contributed by atoms with Crippen LogP contribution in [0.4, 0.5) is 8.78 Å². The average molecular weight is 146 g/mol. The third-order valence-corrected chi connectivity index (χ3v) is 1.96. The van der Waals surface area contributed by atoms with Crippen LogP contribution >= 0.6 is 0 Å². The number of rotatable bonds is 1. The Morgan fingerprint density at radius 3 is 2.70 bits per heavy atom. The highest BCUT2D eigenvalue weighted by Crippen LogP contribution is 2.29. The van der Waals surface area contributed by atoms with Gasteiger partial charge in [-0.15, -0.1) is 0 Å². The fourth-order valence-electron chi connectivity index (χ4n) is 1.35. The molecule has 0 radical (unpaired) electrons. The Morgan fingerprint density at radius 2 is 2.30 bits per heavy atom. The van der Waals surface area contributed by atoms with Crippen LogP contribution in [0.3, 0.4) is 0 Å². The number of alkyl halides is 1. The van der Waals surface area contributed by atoms with Crippen molar-refractivity contribution in [1.82, 2.24) is 0 Å². The molecule has 0 aromatic rings. The van der Waals surface area contributed by atoms with Crippen LogP contribution in [-0.2, 0) is 0 Å². The minimum atomic E-state index is -1.00. The maximum absolute atomic E-state index is 12.8. The molecular weight excluding hydrogens is 134 g/mol. The number of halogens is 2. The fraction of sp³-hybridized carbons (Fsp3) is 0.750. The molecule has 0 heterocycles. The quantitative estimate of drug-likeness (QED) is 0.533. The Morgan fingerprint density at radius 1 is 1.60 bits per heavy atom. The zero-order valence-electron chi connectivity index (χ0n) is 6.16. The van der Waals surface area contributed by atoms with E-state index in [1.807, 2.05) is 0 Å². The summed E-state index contributed by atoms with van der Waals surface area (Å²) < 4.78 is 25.5. The van der Waals surface area contributed by atoms with Crippen LogP contribution in [0, 0.1) is 0 Å². The normalized spacial score (nSPS) is 27.3. The van der Waals surface area contributed by atoms with Crippen LogP contribution in [0.1, 0.15) is 32.6 Å². The van der Waals surface area contributed by atoms with E-state index < -0.39 is 6.17 Å². The largest absolute Gasteiger partial charge is 0.243 e. The maximum Gasteiger partial charge on any atom is 0.124 e. The molecule has 1 unspecified atom stereocenters. The molecule has 0 nitrogen and oxygen atoms in total. The molecule has 0 bridgehead atoms. The lowest BCUT2D eigenvalue weighted by Crippen LogP contribution is -2.10. The molecule has 1 rings (SSSR count). The standard InChI is InChI=1S/C8H12F2/c1-2-6-7(9)4-3-5-8(6)10/h7H,2-5H2,1H3. The Labute approximate surface area is 59.9 Å². The van der Waals surface area contributed by atoms with E-state index in [1.165, 1.54) is 0 Å². The summed E-state index contributed by atoms with van der Waals surface area (Å²) in [5, 5.41) is 0. The van der Waals surface area contributed by atoms with Crippen molar-refractivity contribution in [2.45, 2.75) is 38.8 Å². The highest BCUT2D eigenvalue weighted by Gasteiger charge is 2.20. The lowest BCUT2D eigenvalue weighted by atomic mass is 9.95. The topological polar surface area (TPSA) is 0 Å². The molecular formula is C8H12F2. The average Bonchev–Trinajstić information content (AvgIpc) is 1.88. The first-order valence-corrected chi connectivity index (χ1v) is 3.77. The minimum Gasteiger partial charge on any atom is -0.243 e. The summed E-state index contributed by atoms with van der Waals surface area (Å²) in [5.41, 5.74) is 0.395. The summed E-state index contributed by atoms with van der Waals surface area (Å²) in [6, 6.07) is 0. The lowest BCUT2D eigenvalue weighted by Gasteiger charge is -2.17. The molecule has 10 heavy (non-hydrogen) atoms. The molecule has 0 saturated carbocycles. The van der Waals surface area contributed by atoms with E-state index in [2.05, 4.69) is 0 Å². The van der Waals surface area contributed by atoms with Gasteiger partial charge in [-0.2, -0.15) is 0 Å². The molecule has 0 aromatic heterocycles. The van der Waals surface area contributed by atoms with E-state index in [1.54, 1.807) is 6.92 Å². The van der Waals surface area contributed by atoms with Gasteiger partial charge in [0.25, 0.3) is 0 Å². The van der Waals surface area contributed by atoms with Crippen LogP contribution < -0.4 is 0 Å². The van der Waals surface area contributed by atoms with E-state index in [0.717, 1.165) is 0 Å². The van der Waals surface area contributed by atoms with Crippen molar-refractivity contribution in [1.29, 1.82) is 0 Å². The molecule has 2 heteroatoms. The molecule has 0 saturated heterocycles. The Balaban J connectivity index is 2.73. The van der Waals surface area contributed by atoms with Gasteiger partial charge in [0.1, 0.15) is 12.0 Å². The van der Waals surface area contributed by atoms with Gasteiger partial charge >= 0.3 is 0 Å². The SMILES string of the molecule is CCC1=C(F)CCCC1F. The molecule has 0 N–H and O–H groups in total. The fourth-order valence-corrected chi connectivity index (χ4v) is 1.35. The van der Waals surface area contributed by atoms with Gasteiger partial charge in [0.15, 0.2) is 0 Å². The third kappa shape index (κ3) is 1.36. The van der Waals surface area contributed by atoms with Crippen LogP contribution in [0.2, 0.25) is 0 Å². The van der Waals surface area contributed by atoms with Crippen molar-refractivity contribution >= 4 is 0 Å². The van der Waals surface area contributed by atoms with Crippen molar-refractivity contribution in [2.24, 2.45) is 0 Å². The number of allylic oxidation sites excluding steroid dienone is 2. The van der Waals surface area contributed by atoms with Gasteiger partial charge in [0, 0.05) is 0 Å². The van der Waals surface area contributed by atoms with Crippen molar-refractivity contribution in [3.05, 3.63) is 11.4 Å². The summed E-state index contributed by atoms with van der Waals surface area (Å²) in [6.45, 7) is 1.80. The van der Waals surface area contributed by atoms with Crippen molar-refractivity contribution < 1.29 is 8.78 Å². The summed E-state index contributed by atoms with van der Waals surface area (Å²) in [4.78, 5) is 0. The van der Waals surface area contributed by atoms with Crippen molar-refractivity contribution in [2.75, 3.05) is 0 Å². The molecule has 0 aromatic carbocycles. The second-order valence-corrected chi connectivity index (χ2v) is 2.64. The third-order valence-electron chi connectivity index (χ3n) is 1.96. The van der Waals surface area contributed by atoms with Gasteiger partial charge in [0.2, 0.25) is 0 Å². The predicted molar refractivity (Wildman–Crippen MR) is 37.2 cm³/mol. The maximum atomic E-state index is 12.8. The van der Waals surface area contributed by atoms with Crippen LogP contribution in [0.25, 0.3) is 0 Å². The minimum absolute atomic E-state index is 0.207. The summed E-state index contributed by atoms with van der Waals surface area (Å²) >= 11 is 0. The smallest absolute Gasteiger partial charge is 0.124 e. The number of hydrogen-bond donors (Lipinski definition) is 0. The van der Waals surface area contributed by atoms with E-state index in [-0.39, 0.29) is 5.83 Å². The zero-order chi connectivity index (χ0) is 7.56.